The van der Waals surface area contributed by atoms with Crippen LogP contribution in [0.5, 0.6) is 0 Å². The van der Waals surface area contributed by atoms with Crippen LogP contribution in [0.2, 0.25) is 0 Å². The van der Waals surface area contributed by atoms with Gasteiger partial charge in [0.25, 0.3) is 5.56 Å². The smallest absolute Gasteiger partial charge is 0.416 e. The number of benzene rings is 3. The van der Waals surface area contributed by atoms with Crippen molar-refractivity contribution in [2.75, 3.05) is 19.7 Å². The molecule has 0 saturated carbocycles. The molecule has 8 nitrogen and oxygen atoms in total. The molecule has 13 heteroatoms. The molecule has 272 valence electrons. The van der Waals surface area contributed by atoms with Crippen molar-refractivity contribution >= 4 is 17.6 Å². The molecule has 1 aliphatic carbocycles. The highest BCUT2D eigenvalue weighted by molar-refractivity contribution is 7.98. The molecule has 3 heterocycles. The molecule has 1 unspecified atom stereocenters. The number of fused-ring (bicyclic) bond motifs is 1. The van der Waals surface area contributed by atoms with Crippen LogP contribution < -0.4 is 5.56 Å². The Morgan fingerprint density at radius 1 is 0.981 bits per heavy atom. The summed E-state index contributed by atoms with van der Waals surface area (Å²) in [5, 5.41) is 5.24. The van der Waals surface area contributed by atoms with Gasteiger partial charge >= 0.3 is 6.18 Å². The standard InChI is InChI=1S/C39H39F4N5O3S/c1-3-50-25(2)46-21-19-32(20-22-46)48-35(45-51-37(48)29-11-9-27(10-12-29)28-13-15-30(16-14-28)39(41,42)43)23-47-34-6-4-5-33(34)36(49)44-38(47)52-24-26-7-17-31(40)18-8-26/h7-18,32,37H,2-6,19-24H2,1H3. The number of ether oxygens (including phenoxy) is 1. The Morgan fingerprint density at radius 2 is 1.65 bits per heavy atom. The monoisotopic (exact) mass is 733 g/mol. The van der Waals surface area contributed by atoms with Crippen LogP contribution in [-0.2, 0) is 40.9 Å². The molecule has 2 aliphatic heterocycles. The third kappa shape index (κ3) is 7.55. The molecule has 52 heavy (non-hydrogen) atoms. The quantitative estimate of drug-likeness (QED) is 0.0667. The summed E-state index contributed by atoms with van der Waals surface area (Å²) < 4.78 is 60.8. The number of thioether (sulfide) groups is 1. The first-order chi connectivity index (χ1) is 25.1. The van der Waals surface area contributed by atoms with Gasteiger partial charge in [0.1, 0.15) is 5.82 Å². The molecule has 0 radical (unpaired) electrons. The van der Waals surface area contributed by atoms with E-state index in [1.165, 1.54) is 36.0 Å². The van der Waals surface area contributed by atoms with Crippen molar-refractivity contribution in [3.63, 3.8) is 0 Å². The lowest BCUT2D eigenvalue weighted by molar-refractivity contribution is -0.137. The molecule has 7 rings (SSSR count). The normalized spacial score (nSPS) is 17.6. The van der Waals surface area contributed by atoms with Gasteiger partial charge in [0.2, 0.25) is 6.23 Å². The van der Waals surface area contributed by atoms with Gasteiger partial charge in [0, 0.05) is 41.7 Å². The number of nitrogens with zero attached hydrogens (tertiary/aromatic N) is 5. The predicted molar refractivity (Wildman–Crippen MR) is 192 cm³/mol. The topological polar surface area (TPSA) is 72.2 Å². The third-order valence-corrected chi connectivity index (χ3v) is 10.9. The van der Waals surface area contributed by atoms with Crippen LogP contribution in [0.4, 0.5) is 17.6 Å². The Hall–Kier alpha value is -4.78. The highest BCUT2D eigenvalue weighted by Gasteiger charge is 2.39. The second kappa shape index (κ2) is 15.1. The summed E-state index contributed by atoms with van der Waals surface area (Å²) in [5.41, 5.74) is 4.01. The minimum absolute atomic E-state index is 0.0576. The zero-order chi connectivity index (χ0) is 36.4. The Morgan fingerprint density at radius 3 is 2.31 bits per heavy atom. The van der Waals surface area contributed by atoms with E-state index in [0.717, 1.165) is 78.9 Å². The van der Waals surface area contributed by atoms with E-state index in [4.69, 9.17) is 9.57 Å². The van der Waals surface area contributed by atoms with E-state index in [1.807, 2.05) is 31.2 Å². The first-order valence-electron chi connectivity index (χ1n) is 17.4. The Labute approximate surface area is 303 Å². The van der Waals surface area contributed by atoms with E-state index in [9.17, 15) is 22.4 Å². The minimum atomic E-state index is -4.40. The van der Waals surface area contributed by atoms with Crippen LogP contribution >= 0.6 is 11.8 Å². The molecule has 3 aliphatic rings. The minimum Gasteiger partial charge on any atom is -0.480 e. The number of rotatable bonds is 11. The number of piperidine rings is 1. The van der Waals surface area contributed by atoms with Crippen LogP contribution in [0.15, 0.2) is 100 Å². The van der Waals surface area contributed by atoms with Gasteiger partial charge in [0.15, 0.2) is 16.9 Å². The average molecular weight is 734 g/mol. The number of amidine groups is 1. The maximum atomic E-state index is 13.6. The summed E-state index contributed by atoms with van der Waals surface area (Å²) in [5.74, 6) is 1.56. The van der Waals surface area contributed by atoms with Gasteiger partial charge in [-0.3, -0.25) is 4.79 Å². The first-order valence-corrected chi connectivity index (χ1v) is 18.4. The lowest BCUT2D eigenvalue weighted by Gasteiger charge is -2.40. The van der Waals surface area contributed by atoms with Crippen LogP contribution in [-0.4, -0.2) is 50.9 Å². The largest absolute Gasteiger partial charge is 0.480 e. The molecule has 1 fully saturated rings. The van der Waals surface area contributed by atoms with Gasteiger partial charge < -0.3 is 23.9 Å². The molecule has 0 N–H and O–H groups in total. The first kappa shape index (κ1) is 35.6. The summed E-state index contributed by atoms with van der Waals surface area (Å²) in [6.07, 6.45) is -1.07. The third-order valence-electron chi connectivity index (χ3n) is 9.85. The van der Waals surface area contributed by atoms with E-state index in [2.05, 4.69) is 31.1 Å². The molecule has 1 atom stereocenters. The molecule has 1 aromatic heterocycles. The fourth-order valence-electron chi connectivity index (χ4n) is 7.15. The Kier molecular flexibility index (Phi) is 10.3. The molecule has 4 aromatic rings. The number of aromatic nitrogens is 2. The summed E-state index contributed by atoms with van der Waals surface area (Å²) in [6, 6.07) is 19.1. The summed E-state index contributed by atoms with van der Waals surface area (Å²) in [6.45, 7) is 8.39. The van der Waals surface area contributed by atoms with Gasteiger partial charge in [0.05, 0.1) is 18.7 Å². The summed E-state index contributed by atoms with van der Waals surface area (Å²) in [4.78, 5) is 28.2. The van der Waals surface area contributed by atoms with Crippen molar-refractivity contribution in [2.24, 2.45) is 5.16 Å². The van der Waals surface area contributed by atoms with Crippen LogP contribution in [0.1, 0.15) is 60.4 Å². The van der Waals surface area contributed by atoms with Crippen molar-refractivity contribution in [3.05, 3.63) is 129 Å². The lowest BCUT2D eigenvalue weighted by Crippen LogP contribution is -2.48. The second-order valence-electron chi connectivity index (χ2n) is 13.1. The fourth-order valence-corrected chi connectivity index (χ4v) is 8.12. The van der Waals surface area contributed by atoms with Gasteiger partial charge in [-0.25, -0.2) is 4.39 Å². The molecule has 3 aromatic carbocycles. The molecule has 0 amide bonds. The van der Waals surface area contributed by atoms with Crippen molar-refractivity contribution in [1.82, 2.24) is 19.4 Å². The van der Waals surface area contributed by atoms with Gasteiger partial charge in [-0.1, -0.05) is 65.4 Å². The van der Waals surface area contributed by atoms with Crippen LogP contribution in [0.25, 0.3) is 11.1 Å². The summed E-state index contributed by atoms with van der Waals surface area (Å²) in [7, 11) is 0. The second-order valence-corrected chi connectivity index (χ2v) is 14.0. The number of oxime groups is 1. The van der Waals surface area contributed by atoms with Crippen molar-refractivity contribution in [3.8, 4) is 11.1 Å². The molecule has 0 spiro atoms. The van der Waals surface area contributed by atoms with Crippen molar-refractivity contribution in [2.45, 2.75) is 74.9 Å². The lowest BCUT2D eigenvalue weighted by atomic mass is 9.99. The highest BCUT2D eigenvalue weighted by Crippen LogP contribution is 2.37. The van der Waals surface area contributed by atoms with E-state index in [0.29, 0.717) is 47.8 Å². The van der Waals surface area contributed by atoms with E-state index < -0.39 is 18.0 Å². The van der Waals surface area contributed by atoms with E-state index in [-0.39, 0.29) is 17.4 Å². The average Bonchev–Trinajstić information content (AvgIpc) is 3.81. The molecule has 0 bridgehead atoms. The zero-order valence-corrected chi connectivity index (χ0v) is 29.6. The highest BCUT2D eigenvalue weighted by atomic mass is 32.2. The summed E-state index contributed by atoms with van der Waals surface area (Å²) >= 11 is 1.44. The number of likely N-dealkylation sites (tertiary alicyclic amines) is 1. The van der Waals surface area contributed by atoms with Gasteiger partial charge in [-0.2, -0.15) is 18.2 Å². The van der Waals surface area contributed by atoms with Crippen molar-refractivity contribution < 1.29 is 27.1 Å². The molecular weight excluding hydrogens is 695 g/mol. The molecular formula is C39H39F4N5O3S. The fraction of sp³-hybridized carbons (Fsp3) is 0.359. The SMILES string of the molecule is C=C(OCC)N1CCC(N2C(Cn3c(SCc4ccc(F)cc4)nc(=O)c4c3CCC4)=NOC2c2ccc(-c3ccc(C(F)(F)F)cc3)cc2)CC1. The molecule has 1 saturated heterocycles. The Balaban J connectivity index is 1.18. The number of hydrogen-bond acceptors (Lipinski definition) is 8. The van der Waals surface area contributed by atoms with Crippen LogP contribution in [0.3, 0.4) is 0 Å². The van der Waals surface area contributed by atoms with E-state index in [1.54, 1.807) is 12.1 Å². The Bertz CT molecular complexity index is 1990. The maximum Gasteiger partial charge on any atom is 0.416 e. The number of halogens is 4. The predicted octanol–water partition coefficient (Wildman–Crippen LogP) is 8.17. The number of hydrogen-bond donors (Lipinski definition) is 0. The van der Waals surface area contributed by atoms with E-state index >= 15 is 0 Å². The zero-order valence-electron chi connectivity index (χ0n) is 28.7. The van der Waals surface area contributed by atoms with Gasteiger partial charge in [-0.15, -0.1) is 0 Å². The van der Waals surface area contributed by atoms with Gasteiger partial charge in [-0.05, 0) is 86.6 Å². The van der Waals surface area contributed by atoms with Crippen molar-refractivity contribution in [1.29, 1.82) is 0 Å². The maximum absolute atomic E-state index is 13.6. The number of alkyl halides is 3. The van der Waals surface area contributed by atoms with Crippen LogP contribution in [0, 0.1) is 5.82 Å².